The maximum absolute atomic E-state index is 12.6. The van der Waals surface area contributed by atoms with Crippen LogP contribution in [0.2, 0.25) is 0 Å². The third-order valence-corrected chi connectivity index (χ3v) is 4.62. The molecule has 2 aromatic rings. The predicted molar refractivity (Wildman–Crippen MR) is 110 cm³/mol. The summed E-state index contributed by atoms with van der Waals surface area (Å²) in [6.07, 6.45) is 0. The van der Waals surface area contributed by atoms with Crippen LogP contribution in [0, 0.1) is 13.8 Å². The van der Waals surface area contributed by atoms with E-state index in [2.05, 4.69) is 29.7 Å². The molecular formula is C22H29N3O2. The molecule has 2 unspecified atom stereocenters. The minimum Gasteiger partial charge on any atom is -0.335 e. The van der Waals surface area contributed by atoms with Gasteiger partial charge in [-0.25, -0.2) is 0 Å². The lowest BCUT2D eigenvalue weighted by Crippen LogP contribution is -2.46. The van der Waals surface area contributed by atoms with E-state index in [4.69, 9.17) is 0 Å². The average molecular weight is 367 g/mol. The van der Waals surface area contributed by atoms with Gasteiger partial charge in [0.2, 0.25) is 11.8 Å². The number of nitrogens with one attached hydrogen (secondary N) is 2. The van der Waals surface area contributed by atoms with Gasteiger partial charge in [-0.15, -0.1) is 0 Å². The van der Waals surface area contributed by atoms with Crippen LogP contribution in [0.1, 0.15) is 36.6 Å². The van der Waals surface area contributed by atoms with E-state index >= 15 is 0 Å². The molecule has 2 aromatic carbocycles. The summed E-state index contributed by atoms with van der Waals surface area (Å²) in [6, 6.07) is 15.3. The van der Waals surface area contributed by atoms with Gasteiger partial charge in [-0.2, -0.15) is 0 Å². The SMILES string of the molecule is Cc1ccc(NC(=O)CN(C)C(=O)C(C)NC(C)c2ccccc2C)cc1. The first-order valence-electron chi connectivity index (χ1n) is 9.21. The molecule has 5 nitrogen and oxygen atoms in total. The van der Waals surface area contributed by atoms with Crippen molar-refractivity contribution < 1.29 is 9.59 Å². The molecule has 2 N–H and O–H groups in total. The number of carbonyl (C=O) groups is 2. The standard InChI is InChI=1S/C22H29N3O2/c1-15-10-12-19(13-11-15)24-21(26)14-25(5)22(27)18(4)23-17(3)20-9-7-6-8-16(20)2/h6-13,17-18,23H,14H2,1-5H3,(H,24,26). The largest absolute Gasteiger partial charge is 0.335 e. The molecule has 0 aromatic heterocycles. The molecule has 0 aliphatic heterocycles. The van der Waals surface area contributed by atoms with Crippen molar-refractivity contribution in [1.82, 2.24) is 10.2 Å². The Bertz CT molecular complexity index is 786. The van der Waals surface area contributed by atoms with E-state index in [1.54, 1.807) is 7.05 Å². The Hall–Kier alpha value is -2.66. The molecule has 0 spiro atoms. The number of nitrogens with zero attached hydrogens (tertiary/aromatic N) is 1. The van der Waals surface area contributed by atoms with Crippen molar-refractivity contribution in [3.63, 3.8) is 0 Å². The fourth-order valence-electron chi connectivity index (χ4n) is 3.07. The molecule has 0 heterocycles. The van der Waals surface area contributed by atoms with Crippen LogP contribution < -0.4 is 10.6 Å². The van der Waals surface area contributed by atoms with E-state index in [0.717, 1.165) is 16.8 Å². The van der Waals surface area contributed by atoms with Gasteiger partial charge in [0.25, 0.3) is 0 Å². The smallest absolute Gasteiger partial charge is 0.243 e. The van der Waals surface area contributed by atoms with Crippen LogP contribution in [0.5, 0.6) is 0 Å². The van der Waals surface area contributed by atoms with Gasteiger partial charge in [-0.1, -0.05) is 42.0 Å². The molecule has 2 rings (SSSR count). The van der Waals surface area contributed by atoms with Crippen LogP contribution in [0.3, 0.4) is 0 Å². The highest BCUT2D eigenvalue weighted by Gasteiger charge is 2.21. The van der Waals surface area contributed by atoms with E-state index in [0.29, 0.717) is 0 Å². The quantitative estimate of drug-likeness (QED) is 0.788. The fraction of sp³-hybridized carbons (Fsp3) is 0.364. The van der Waals surface area contributed by atoms with Gasteiger partial charge in [0, 0.05) is 18.8 Å². The molecule has 0 aliphatic rings. The molecule has 0 saturated carbocycles. The van der Waals surface area contributed by atoms with Gasteiger partial charge in [-0.3, -0.25) is 14.9 Å². The zero-order valence-electron chi connectivity index (χ0n) is 16.7. The Balaban J connectivity index is 1.88. The summed E-state index contributed by atoms with van der Waals surface area (Å²) in [5, 5.41) is 6.14. The number of hydrogen-bond donors (Lipinski definition) is 2. The monoisotopic (exact) mass is 367 g/mol. The number of rotatable bonds is 7. The summed E-state index contributed by atoms with van der Waals surface area (Å²) in [5.74, 6) is -0.330. The number of carbonyl (C=O) groups excluding carboxylic acids is 2. The Labute approximate surface area is 161 Å². The molecule has 2 atom stereocenters. The van der Waals surface area contributed by atoms with Crippen LogP contribution in [0.25, 0.3) is 0 Å². The number of likely N-dealkylation sites (N-methyl/N-ethyl adjacent to an activating group) is 1. The summed E-state index contributed by atoms with van der Waals surface area (Å²) in [6.45, 7) is 7.92. The molecular weight excluding hydrogens is 338 g/mol. The van der Waals surface area contributed by atoms with Gasteiger partial charge in [-0.05, 0) is 51.0 Å². The summed E-state index contributed by atoms with van der Waals surface area (Å²) < 4.78 is 0. The maximum atomic E-state index is 12.6. The summed E-state index contributed by atoms with van der Waals surface area (Å²) in [5.41, 5.74) is 4.20. The number of benzene rings is 2. The van der Waals surface area contributed by atoms with Crippen molar-refractivity contribution >= 4 is 17.5 Å². The van der Waals surface area contributed by atoms with Crippen molar-refractivity contribution in [3.05, 3.63) is 65.2 Å². The number of aryl methyl sites for hydroxylation is 2. The van der Waals surface area contributed by atoms with Crippen LogP contribution in [-0.4, -0.2) is 36.3 Å². The van der Waals surface area contributed by atoms with Gasteiger partial charge >= 0.3 is 0 Å². The maximum Gasteiger partial charge on any atom is 0.243 e. The highest BCUT2D eigenvalue weighted by molar-refractivity contribution is 5.95. The average Bonchev–Trinajstić information content (AvgIpc) is 2.63. The molecule has 5 heteroatoms. The van der Waals surface area contributed by atoms with Gasteiger partial charge in [0.05, 0.1) is 12.6 Å². The lowest BCUT2D eigenvalue weighted by atomic mass is 10.0. The van der Waals surface area contributed by atoms with Crippen molar-refractivity contribution in [3.8, 4) is 0 Å². The number of anilines is 1. The van der Waals surface area contributed by atoms with Gasteiger partial charge in [0.1, 0.15) is 0 Å². The Kier molecular flexibility index (Phi) is 7.13. The normalized spacial score (nSPS) is 12.9. The number of hydrogen-bond acceptors (Lipinski definition) is 3. The minimum atomic E-state index is -0.392. The Morgan fingerprint density at radius 2 is 1.63 bits per heavy atom. The minimum absolute atomic E-state index is 0.0114. The Morgan fingerprint density at radius 3 is 2.26 bits per heavy atom. The van der Waals surface area contributed by atoms with E-state index in [9.17, 15) is 9.59 Å². The van der Waals surface area contributed by atoms with Crippen LogP contribution >= 0.6 is 0 Å². The molecule has 0 bridgehead atoms. The molecule has 0 saturated heterocycles. The lowest BCUT2D eigenvalue weighted by molar-refractivity contribution is -0.135. The third-order valence-electron chi connectivity index (χ3n) is 4.62. The summed E-state index contributed by atoms with van der Waals surface area (Å²) in [7, 11) is 1.65. The molecule has 0 aliphatic carbocycles. The van der Waals surface area contributed by atoms with Crippen LogP contribution in [0.4, 0.5) is 5.69 Å². The van der Waals surface area contributed by atoms with Crippen molar-refractivity contribution in [2.75, 3.05) is 18.9 Å². The van der Waals surface area contributed by atoms with E-state index < -0.39 is 6.04 Å². The van der Waals surface area contributed by atoms with Crippen molar-refractivity contribution in [1.29, 1.82) is 0 Å². The third kappa shape index (κ3) is 5.93. The highest BCUT2D eigenvalue weighted by Crippen LogP contribution is 2.17. The Morgan fingerprint density at radius 1 is 1.00 bits per heavy atom. The first-order valence-corrected chi connectivity index (χ1v) is 9.21. The van der Waals surface area contributed by atoms with Crippen molar-refractivity contribution in [2.45, 2.75) is 39.8 Å². The van der Waals surface area contributed by atoms with E-state index in [1.807, 2.05) is 57.2 Å². The molecule has 2 amide bonds. The van der Waals surface area contributed by atoms with Crippen molar-refractivity contribution in [2.24, 2.45) is 0 Å². The molecule has 144 valence electrons. The predicted octanol–water partition coefficient (Wildman–Crippen LogP) is 3.44. The second-order valence-electron chi connectivity index (χ2n) is 7.08. The highest BCUT2D eigenvalue weighted by atomic mass is 16.2. The van der Waals surface area contributed by atoms with Crippen LogP contribution in [0.15, 0.2) is 48.5 Å². The van der Waals surface area contributed by atoms with E-state index in [-0.39, 0.29) is 24.4 Å². The zero-order chi connectivity index (χ0) is 20.0. The first kappa shape index (κ1) is 20.6. The molecule has 0 radical (unpaired) electrons. The fourth-order valence-corrected chi connectivity index (χ4v) is 3.07. The van der Waals surface area contributed by atoms with Gasteiger partial charge < -0.3 is 10.2 Å². The zero-order valence-corrected chi connectivity index (χ0v) is 16.7. The topological polar surface area (TPSA) is 61.4 Å². The molecule has 27 heavy (non-hydrogen) atoms. The summed E-state index contributed by atoms with van der Waals surface area (Å²) in [4.78, 5) is 26.3. The molecule has 0 fully saturated rings. The lowest BCUT2D eigenvalue weighted by Gasteiger charge is -2.25. The van der Waals surface area contributed by atoms with Gasteiger partial charge in [0.15, 0.2) is 0 Å². The number of amides is 2. The van der Waals surface area contributed by atoms with Crippen LogP contribution in [-0.2, 0) is 9.59 Å². The first-order chi connectivity index (χ1) is 12.8. The summed E-state index contributed by atoms with van der Waals surface area (Å²) >= 11 is 0. The van der Waals surface area contributed by atoms with E-state index in [1.165, 1.54) is 10.5 Å². The second-order valence-corrected chi connectivity index (χ2v) is 7.08. The second kappa shape index (κ2) is 9.33.